The zero-order chi connectivity index (χ0) is 26.5. The van der Waals surface area contributed by atoms with Crippen LogP contribution in [0.2, 0.25) is 0 Å². The monoisotopic (exact) mass is 522 g/mol. The van der Waals surface area contributed by atoms with Gasteiger partial charge in [0.2, 0.25) is 0 Å². The largest absolute Gasteiger partial charge is 0.489 e. The lowest BCUT2D eigenvalue weighted by molar-refractivity contribution is -0.121. The van der Waals surface area contributed by atoms with Crippen LogP contribution < -0.4 is 15.7 Å². The van der Waals surface area contributed by atoms with Crippen LogP contribution in [0.25, 0.3) is 21.3 Å². The molecule has 0 fully saturated rings. The molecule has 0 saturated heterocycles. The summed E-state index contributed by atoms with van der Waals surface area (Å²) in [6, 6.07) is 23.6. The molecule has 7 nitrogen and oxygen atoms in total. The number of nitrogens with one attached hydrogen (secondary N) is 1. The summed E-state index contributed by atoms with van der Waals surface area (Å²) >= 11 is 1.41. The molecule has 0 radical (unpaired) electrons. The number of carbonyl (C=O) groups is 1. The lowest BCUT2D eigenvalue weighted by atomic mass is 10.1. The zero-order valence-corrected chi connectivity index (χ0v) is 21.9. The van der Waals surface area contributed by atoms with Gasteiger partial charge in [0, 0.05) is 10.9 Å². The maximum absolute atomic E-state index is 13.2. The molecule has 5 rings (SSSR count). The van der Waals surface area contributed by atoms with Gasteiger partial charge in [0.15, 0.2) is 0 Å². The van der Waals surface area contributed by atoms with Gasteiger partial charge in [-0.2, -0.15) is 5.10 Å². The van der Waals surface area contributed by atoms with Gasteiger partial charge in [-0.3, -0.25) is 14.2 Å². The molecule has 0 aliphatic rings. The summed E-state index contributed by atoms with van der Waals surface area (Å²) in [7, 11) is 0. The van der Waals surface area contributed by atoms with Crippen LogP contribution in [0.15, 0.2) is 94.4 Å². The number of nitrogens with zero attached hydrogens (tertiary/aromatic N) is 3. The molecule has 0 aliphatic carbocycles. The summed E-state index contributed by atoms with van der Waals surface area (Å²) in [5.74, 6) is 0.321. The molecule has 3 aromatic carbocycles. The third-order valence-corrected chi connectivity index (χ3v) is 6.93. The third kappa shape index (κ3) is 5.87. The minimum Gasteiger partial charge on any atom is -0.489 e. The van der Waals surface area contributed by atoms with Gasteiger partial charge in [0.05, 0.1) is 17.9 Å². The number of aromatic nitrogens is 2. The van der Waals surface area contributed by atoms with Crippen molar-refractivity contribution in [1.29, 1.82) is 0 Å². The number of hydrogen-bond acceptors (Lipinski definition) is 6. The second kappa shape index (κ2) is 11.2. The number of fused-ring (bicyclic) bond motifs is 1. The van der Waals surface area contributed by atoms with E-state index in [4.69, 9.17) is 4.74 Å². The number of hydrogen-bond donors (Lipinski definition) is 1. The van der Waals surface area contributed by atoms with Crippen molar-refractivity contribution in [2.24, 2.45) is 5.10 Å². The number of rotatable bonds is 8. The zero-order valence-electron chi connectivity index (χ0n) is 21.0. The highest BCUT2D eigenvalue weighted by atomic mass is 32.1. The van der Waals surface area contributed by atoms with Gasteiger partial charge in [-0.05, 0) is 54.8 Å². The number of benzene rings is 3. The molecule has 190 valence electrons. The first-order valence-electron chi connectivity index (χ1n) is 12.1. The topological polar surface area (TPSA) is 85.6 Å². The van der Waals surface area contributed by atoms with Gasteiger partial charge in [-0.15, -0.1) is 11.3 Å². The van der Waals surface area contributed by atoms with Crippen LogP contribution in [0.4, 0.5) is 0 Å². The Morgan fingerprint density at radius 1 is 1.00 bits per heavy atom. The van der Waals surface area contributed by atoms with Crippen LogP contribution in [-0.4, -0.2) is 21.7 Å². The highest BCUT2D eigenvalue weighted by molar-refractivity contribution is 7.17. The Balaban J connectivity index is 1.19. The number of hydrazone groups is 1. The van der Waals surface area contributed by atoms with E-state index in [2.05, 4.69) is 34.6 Å². The van der Waals surface area contributed by atoms with Gasteiger partial charge in [0.25, 0.3) is 11.5 Å². The Hall–Kier alpha value is -4.56. The summed E-state index contributed by atoms with van der Waals surface area (Å²) in [5, 5.41) is 6.47. The molecule has 0 saturated carbocycles. The minimum absolute atomic E-state index is 0.186. The lowest BCUT2D eigenvalue weighted by Crippen LogP contribution is -2.30. The summed E-state index contributed by atoms with van der Waals surface area (Å²) in [4.78, 5) is 30.7. The van der Waals surface area contributed by atoms with E-state index in [-0.39, 0.29) is 12.1 Å². The molecule has 2 aromatic heterocycles. The molecule has 38 heavy (non-hydrogen) atoms. The van der Waals surface area contributed by atoms with Crippen LogP contribution >= 0.6 is 11.3 Å². The van der Waals surface area contributed by atoms with E-state index in [0.29, 0.717) is 16.8 Å². The van der Waals surface area contributed by atoms with Gasteiger partial charge in [-0.25, -0.2) is 10.4 Å². The van der Waals surface area contributed by atoms with Crippen molar-refractivity contribution >= 4 is 33.7 Å². The SMILES string of the molecule is Cc1ccc(COc2ccc(/C=N\NC(=O)Cn3cnc4scc(-c5ccc(C)cc5)c4c3=O)cc2)cc1. The quantitative estimate of drug-likeness (QED) is 0.216. The normalized spacial score (nSPS) is 11.2. The molecule has 0 spiro atoms. The van der Waals surface area contributed by atoms with Crippen molar-refractivity contribution in [2.75, 3.05) is 0 Å². The lowest BCUT2D eigenvalue weighted by Gasteiger charge is -2.07. The minimum atomic E-state index is -0.422. The molecule has 1 amide bonds. The van der Waals surface area contributed by atoms with E-state index < -0.39 is 5.91 Å². The first kappa shape index (κ1) is 25.1. The Labute approximate surface area is 224 Å². The Morgan fingerprint density at radius 2 is 1.68 bits per heavy atom. The molecule has 0 unspecified atom stereocenters. The average molecular weight is 523 g/mol. The Kier molecular flexibility index (Phi) is 7.42. The fourth-order valence-electron chi connectivity index (χ4n) is 3.90. The summed E-state index contributed by atoms with van der Waals surface area (Å²) < 4.78 is 7.13. The van der Waals surface area contributed by atoms with E-state index in [1.54, 1.807) is 6.21 Å². The molecular formula is C30H26N4O3S. The smallest absolute Gasteiger partial charge is 0.263 e. The van der Waals surface area contributed by atoms with Gasteiger partial charge >= 0.3 is 0 Å². The standard InChI is InChI=1S/C30H26N4O3S/c1-20-3-7-23(8-4-20)17-37-25-13-9-22(10-14-25)15-32-33-27(35)16-34-19-31-29-28(30(34)36)26(18-38-29)24-11-5-21(2)6-12-24/h3-15,18-19H,16-17H2,1-2H3,(H,33,35)/b32-15-. The second-order valence-electron chi connectivity index (χ2n) is 9.01. The van der Waals surface area contributed by atoms with Crippen LogP contribution in [0.3, 0.4) is 0 Å². The van der Waals surface area contributed by atoms with E-state index in [1.165, 1.54) is 27.8 Å². The van der Waals surface area contributed by atoms with E-state index in [9.17, 15) is 9.59 Å². The predicted octanol–water partition coefficient (Wildman–Crippen LogP) is 5.47. The molecule has 0 aliphatic heterocycles. The van der Waals surface area contributed by atoms with Crippen molar-refractivity contribution in [3.05, 3.63) is 117 Å². The summed E-state index contributed by atoms with van der Waals surface area (Å²) in [6.45, 7) is 4.37. The first-order chi connectivity index (χ1) is 18.5. The van der Waals surface area contributed by atoms with Gasteiger partial charge in [0.1, 0.15) is 23.7 Å². The summed E-state index contributed by atoms with van der Waals surface area (Å²) in [5.41, 5.74) is 8.24. The fourth-order valence-corrected chi connectivity index (χ4v) is 4.80. The van der Waals surface area contributed by atoms with Gasteiger partial charge in [-0.1, -0.05) is 59.7 Å². The summed E-state index contributed by atoms with van der Waals surface area (Å²) in [6.07, 6.45) is 2.94. The number of amides is 1. The molecular weight excluding hydrogens is 496 g/mol. The number of carbonyl (C=O) groups excluding carboxylic acids is 1. The second-order valence-corrected chi connectivity index (χ2v) is 9.87. The average Bonchev–Trinajstić information content (AvgIpc) is 3.36. The Morgan fingerprint density at radius 3 is 2.39 bits per heavy atom. The van der Waals surface area contributed by atoms with Crippen LogP contribution in [0.5, 0.6) is 5.75 Å². The molecule has 1 N–H and O–H groups in total. The molecule has 5 aromatic rings. The van der Waals surface area contributed by atoms with Crippen LogP contribution in [-0.2, 0) is 17.9 Å². The molecule has 0 bridgehead atoms. The van der Waals surface area contributed by atoms with Crippen molar-refractivity contribution < 1.29 is 9.53 Å². The van der Waals surface area contributed by atoms with Crippen LogP contribution in [0.1, 0.15) is 22.3 Å². The van der Waals surface area contributed by atoms with Gasteiger partial charge < -0.3 is 4.74 Å². The predicted molar refractivity (Wildman–Crippen MR) is 152 cm³/mol. The van der Waals surface area contributed by atoms with Crippen molar-refractivity contribution in [3.8, 4) is 16.9 Å². The maximum atomic E-state index is 13.2. The molecule has 0 atom stereocenters. The Bertz CT molecular complexity index is 1650. The van der Waals surface area contributed by atoms with Crippen molar-refractivity contribution in [3.63, 3.8) is 0 Å². The maximum Gasteiger partial charge on any atom is 0.263 e. The van der Waals surface area contributed by atoms with E-state index in [1.807, 2.05) is 73.0 Å². The third-order valence-electron chi connectivity index (χ3n) is 6.05. The van der Waals surface area contributed by atoms with Crippen LogP contribution in [0, 0.1) is 13.8 Å². The van der Waals surface area contributed by atoms with E-state index >= 15 is 0 Å². The first-order valence-corrected chi connectivity index (χ1v) is 13.0. The number of ether oxygens (including phenoxy) is 1. The van der Waals surface area contributed by atoms with Crippen molar-refractivity contribution in [2.45, 2.75) is 27.0 Å². The number of thiophene rings is 1. The molecule has 8 heteroatoms. The highest BCUT2D eigenvalue weighted by Crippen LogP contribution is 2.30. The highest BCUT2D eigenvalue weighted by Gasteiger charge is 2.14. The molecule has 2 heterocycles. The fraction of sp³-hybridized carbons (Fsp3) is 0.133. The van der Waals surface area contributed by atoms with E-state index in [0.717, 1.165) is 33.6 Å². The van der Waals surface area contributed by atoms with Crippen molar-refractivity contribution in [1.82, 2.24) is 15.0 Å². The number of aryl methyl sites for hydroxylation is 2.